The molecule has 3 heterocycles. The van der Waals surface area contributed by atoms with E-state index in [4.69, 9.17) is 28.2 Å². The van der Waals surface area contributed by atoms with Crippen LogP contribution < -0.4 is 0 Å². The van der Waals surface area contributed by atoms with Gasteiger partial charge < -0.3 is 9.40 Å². The van der Waals surface area contributed by atoms with Gasteiger partial charge in [0.1, 0.15) is 5.76 Å². The molecule has 3 aromatic heterocycles. The zero-order valence-corrected chi connectivity index (χ0v) is 11.1. The Labute approximate surface area is 113 Å². The van der Waals surface area contributed by atoms with Gasteiger partial charge in [-0.3, -0.25) is 4.57 Å². The summed E-state index contributed by atoms with van der Waals surface area (Å²) < 4.78 is 7.93. The van der Waals surface area contributed by atoms with Crippen LogP contribution in [0.2, 0.25) is 5.02 Å². The number of nitrogens with zero attached hydrogens (tertiary/aromatic N) is 2. The Morgan fingerprint density at radius 2 is 2.39 bits per heavy atom. The molecule has 1 unspecified atom stereocenters. The molecule has 0 saturated carbocycles. The van der Waals surface area contributed by atoms with Gasteiger partial charge in [0.25, 0.3) is 0 Å². The van der Waals surface area contributed by atoms with Gasteiger partial charge in [-0.2, -0.15) is 0 Å². The van der Waals surface area contributed by atoms with Crippen LogP contribution in [0.5, 0.6) is 0 Å². The number of aromatic amines is 1. The lowest BCUT2D eigenvalue weighted by atomic mass is 10.2. The first-order valence-corrected chi connectivity index (χ1v) is 6.24. The van der Waals surface area contributed by atoms with Crippen molar-refractivity contribution < 1.29 is 4.42 Å². The lowest BCUT2D eigenvalue weighted by Crippen LogP contribution is -2.06. The van der Waals surface area contributed by atoms with Gasteiger partial charge >= 0.3 is 0 Å². The number of aromatic nitrogens is 3. The molecule has 1 atom stereocenters. The van der Waals surface area contributed by atoms with E-state index in [1.807, 2.05) is 29.7 Å². The van der Waals surface area contributed by atoms with E-state index in [9.17, 15) is 0 Å². The van der Waals surface area contributed by atoms with Crippen LogP contribution in [0.4, 0.5) is 0 Å². The third-order valence-corrected chi connectivity index (χ3v) is 3.37. The molecular formula is C12H10ClN3OS. The predicted molar refractivity (Wildman–Crippen MR) is 72.4 cm³/mol. The number of halogens is 1. The lowest BCUT2D eigenvalue weighted by Gasteiger charge is -2.10. The number of pyridine rings is 1. The molecule has 0 aromatic carbocycles. The number of furan rings is 1. The van der Waals surface area contributed by atoms with Crippen molar-refractivity contribution in [1.82, 2.24) is 14.5 Å². The highest BCUT2D eigenvalue weighted by Gasteiger charge is 2.16. The van der Waals surface area contributed by atoms with Crippen molar-refractivity contribution in [2.24, 2.45) is 0 Å². The molecule has 0 aliphatic carbocycles. The smallest absolute Gasteiger partial charge is 0.179 e. The highest BCUT2D eigenvalue weighted by Crippen LogP contribution is 2.24. The average molecular weight is 280 g/mol. The maximum Gasteiger partial charge on any atom is 0.179 e. The fourth-order valence-corrected chi connectivity index (χ4v) is 2.52. The molecule has 92 valence electrons. The summed E-state index contributed by atoms with van der Waals surface area (Å²) in [5, 5.41) is 0.580. The van der Waals surface area contributed by atoms with Crippen LogP contribution in [-0.2, 0) is 0 Å². The Morgan fingerprint density at radius 1 is 1.56 bits per heavy atom. The van der Waals surface area contributed by atoms with E-state index in [-0.39, 0.29) is 6.04 Å². The van der Waals surface area contributed by atoms with Crippen molar-refractivity contribution in [2.75, 3.05) is 0 Å². The fourth-order valence-electron chi connectivity index (χ4n) is 2.00. The van der Waals surface area contributed by atoms with Gasteiger partial charge in [0.05, 0.1) is 22.8 Å². The summed E-state index contributed by atoms with van der Waals surface area (Å²) in [6.45, 7) is 2.01. The van der Waals surface area contributed by atoms with Gasteiger partial charge in [0, 0.05) is 6.20 Å². The zero-order chi connectivity index (χ0) is 12.7. The summed E-state index contributed by atoms with van der Waals surface area (Å²) in [6.07, 6.45) is 3.26. The van der Waals surface area contributed by atoms with Gasteiger partial charge in [-0.25, -0.2) is 4.98 Å². The average Bonchev–Trinajstić information content (AvgIpc) is 2.94. The molecule has 4 nitrogen and oxygen atoms in total. The molecule has 0 aliphatic heterocycles. The van der Waals surface area contributed by atoms with Crippen molar-refractivity contribution in [3.63, 3.8) is 0 Å². The van der Waals surface area contributed by atoms with E-state index in [0.29, 0.717) is 9.79 Å². The Morgan fingerprint density at radius 3 is 3.11 bits per heavy atom. The topological polar surface area (TPSA) is 46.8 Å². The van der Waals surface area contributed by atoms with Crippen molar-refractivity contribution >= 4 is 35.0 Å². The van der Waals surface area contributed by atoms with Crippen LogP contribution in [-0.4, -0.2) is 14.5 Å². The minimum absolute atomic E-state index is 0.0186. The molecule has 0 saturated heterocycles. The zero-order valence-electron chi connectivity index (χ0n) is 9.55. The number of hydrogen-bond acceptors (Lipinski definition) is 3. The van der Waals surface area contributed by atoms with E-state index in [2.05, 4.69) is 9.97 Å². The predicted octanol–water partition coefficient (Wildman–Crippen LogP) is 3.95. The molecule has 1 N–H and O–H groups in total. The molecule has 0 amide bonds. The highest BCUT2D eigenvalue weighted by atomic mass is 35.5. The van der Waals surface area contributed by atoms with Gasteiger partial charge in [-0.05, 0) is 37.3 Å². The number of rotatable bonds is 2. The molecule has 0 radical (unpaired) electrons. The fraction of sp³-hybridized carbons (Fsp3) is 0.167. The van der Waals surface area contributed by atoms with E-state index < -0.39 is 0 Å². The lowest BCUT2D eigenvalue weighted by molar-refractivity contribution is 0.448. The van der Waals surface area contributed by atoms with Crippen LogP contribution in [0.25, 0.3) is 11.2 Å². The van der Waals surface area contributed by atoms with Crippen molar-refractivity contribution in [2.45, 2.75) is 13.0 Å². The number of fused-ring (bicyclic) bond motifs is 1. The molecular weight excluding hydrogens is 270 g/mol. The maximum atomic E-state index is 5.92. The minimum atomic E-state index is -0.0186. The van der Waals surface area contributed by atoms with Gasteiger partial charge in [0.2, 0.25) is 0 Å². The van der Waals surface area contributed by atoms with Crippen molar-refractivity contribution in [3.8, 4) is 0 Å². The first-order chi connectivity index (χ1) is 8.66. The largest absolute Gasteiger partial charge is 0.467 e. The number of imidazole rings is 1. The maximum absolute atomic E-state index is 5.92. The summed E-state index contributed by atoms with van der Waals surface area (Å²) >= 11 is 11.2. The Hall–Kier alpha value is -1.59. The van der Waals surface area contributed by atoms with Crippen molar-refractivity contribution in [1.29, 1.82) is 0 Å². The second-order valence-corrected chi connectivity index (χ2v) is 4.84. The standard InChI is InChI=1S/C12H10ClN3OS/c1-7(10-3-2-4-17-10)16-11-9(15-12(16)18)5-8(13)6-14-11/h2-7H,1H3,(H,15,18). The third-order valence-electron chi connectivity index (χ3n) is 2.86. The first-order valence-electron chi connectivity index (χ1n) is 5.46. The van der Waals surface area contributed by atoms with Crippen molar-refractivity contribution in [3.05, 3.63) is 46.2 Å². The molecule has 0 aliphatic rings. The summed E-state index contributed by atoms with van der Waals surface area (Å²) in [4.78, 5) is 7.42. The van der Waals surface area contributed by atoms with E-state index in [0.717, 1.165) is 16.9 Å². The molecule has 0 fully saturated rings. The molecule has 18 heavy (non-hydrogen) atoms. The van der Waals surface area contributed by atoms with Gasteiger partial charge in [-0.1, -0.05) is 11.6 Å². The summed E-state index contributed by atoms with van der Waals surface area (Å²) in [5.41, 5.74) is 1.60. The number of nitrogens with one attached hydrogen (secondary N) is 1. The SMILES string of the molecule is CC(c1ccco1)n1c(=S)[nH]c2cc(Cl)cnc21. The monoisotopic (exact) mass is 279 g/mol. The second kappa shape index (κ2) is 4.26. The molecule has 3 rings (SSSR count). The Balaban J connectivity index is 2.23. The quantitative estimate of drug-likeness (QED) is 0.723. The summed E-state index contributed by atoms with van der Waals surface area (Å²) in [7, 11) is 0. The third kappa shape index (κ3) is 1.76. The van der Waals surface area contributed by atoms with Crippen LogP contribution in [0, 0.1) is 4.77 Å². The summed E-state index contributed by atoms with van der Waals surface area (Å²) in [6, 6.07) is 5.57. The molecule has 0 bridgehead atoms. The first kappa shape index (κ1) is 11.5. The number of H-pyrrole nitrogens is 1. The van der Waals surface area contributed by atoms with E-state index in [1.54, 1.807) is 12.5 Å². The van der Waals surface area contributed by atoms with Crippen LogP contribution in [0.1, 0.15) is 18.7 Å². The molecule has 0 spiro atoms. The normalized spacial score (nSPS) is 13.0. The van der Waals surface area contributed by atoms with E-state index >= 15 is 0 Å². The van der Waals surface area contributed by atoms with Crippen LogP contribution in [0.3, 0.4) is 0 Å². The highest BCUT2D eigenvalue weighted by molar-refractivity contribution is 7.71. The minimum Gasteiger partial charge on any atom is -0.467 e. The van der Waals surface area contributed by atoms with Gasteiger partial charge in [-0.15, -0.1) is 0 Å². The summed E-state index contributed by atoms with van der Waals surface area (Å²) in [5.74, 6) is 0.837. The van der Waals surface area contributed by atoms with Gasteiger partial charge in [0.15, 0.2) is 10.4 Å². The van der Waals surface area contributed by atoms with Crippen LogP contribution in [0.15, 0.2) is 35.1 Å². The van der Waals surface area contributed by atoms with Crippen LogP contribution >= 0.6 is 23.8 Å². The Bertz CT molecular complexity index is 744. The molecule has 6 heteroatoms. The second-order valence-electron chi connectivity index (χ2n) is 4.02. The molecule has 3 aromatic rings. The van der Waals surface area contributed by atoms with E-state index in [1.165, 1.54) is 0 Å². The Kier molecular flexibility index (Phi) is 2.72. The number of hydrogen-bond donors (Lipinski definition) is 1.